The first-order valence-electron chi connectivity index (χ1n) is 7.55. The van der Waals surface area contributed by atoms with Crippen molar-refractivity contribution in [3.8, 4) is 0 Å². The van der Waals surface area contributed by atoms with Crippen LogP contribution in [0.3, 0.4) is 0 Å². The van der Waals surface area contributed by atoms with Crippen LogP contribution in [0.4, 0.5) is 0 Å². The highest BCUT2D eigenvalue weighted by molar-refractivity contribution is 5.99. The van der Waals surface area contributed by atoms with Gasteiger partial charge in [0.1, 0.15) is 0 Å². The number of nitrogens with zero attached hydrogens (tertiary/aromatic N) is 1. The third-order valence-electron chi connectivity index (χ3n) is 3.87. The number of aryl methyl sites for hydroxylation is 1. The highest BCUT2D eigenvalue weighted by Gasteiger charge is 2.21. The largest absolute Gasteiger partial charge is 0.455 e. The molecule has 5 heteroatoms. The standard InChI is InChI=1S/C18H21NO4/c1-4-19-12(2)10-15(13(19)3)16(20)11-23-18(22)17(21)14-8-6-5-7-9-14/h5-10,17,21H,4,11H2,1-3H3/t17-/m1/s1. The fourth-order valence-corrected chi connectivity index (χ4v) is 2.63. The first-order valence-corrected chi connectivity index (χ1v) is 7.55. The van der Waals surface area contributed by atoms with E-state index in [4.69, 9.17) is 4.74 Å². The van der Waals surface area contributed by atoms with Gasteiger partial charge in [-0.1, -0.05) is 30.3 Å². The van der Waals surface area contributed by atoms with Crippen molar-refractivity contribution in [1.29, 1.82) is 0 Å². The Kier molecular flexibility index (Phi) is 5.34. The number of benzene rings is 1. The minimum Gasteiger partial charge on any atom is -0.455 e. The number of ketones is 1. The maximum Gasteiger partial charge on any atom is 0.340 e. The molecule has 0 radical (unpaired) electrons. The molecule has 0 fully saturated rings. The van der Waals surface area contributed by atoms with Crippen molar-refractivity contribution >= 4 is 11.8 Å². The van der Waals surface area contributed by atoms with Crippen LogP contribution < -0.4 is 0 Å². The first kappa shape index (κ1) is 17.0. The summed E-state index contributed by atoms with van der Waals surface area (Å²) in [7, 11) is 0. The molecule has 0 spiro atoms. The highest BCUT2D eigenvalue weighted by Crippen LogP contribution is 2.17. The summed E-state index contributed by atoms with van der Waals surface area (Å²) in [4.78, 5) is 24.1. The average Bonchev–Trinajstić information content (AvgIpc) is 2.86. The zero-order valence-electron chi connectivity index (χ0n) is 13.6. The Morgan fingerprint density at radius 1 is 1.22 bits per heavy atom. The molecule has 23 heavy (non-hydrogen) atoms. The highest BCUT2D eigenvalue weighted by atomic mass is 16.5. The molecule has 1 heterocycles. The van der Waals surface area contributed by atoms with Crippen molar-refractivity contribution in [2.75, 3.05) is 6.61 Å². The monoisotopic (exact) mass is 315 g/mol. The van der Waals surface area contributed by atoms with Gasteiger partial charge in [-0.2, -0.15) is 0 Å². The van der Waals surface area contributed by atoms with Gasteiger partial charge >= 0.3 is 5.97 Å². The second-order valence-corrected chi connectivity index (χ2v) is 5.37. The summed E-state index contributed by atoms with van der Waals surface area (Å²) in [6, 6.07) is 10.3. The second-order valence-electron chi connectivity index (χ2n) is 5.37. The number of hydrogen-bond acceptors (Lipinski definition) is 4. The van der Waals surface area contributed by atoms with Gasteiger partial charge in [-0.05, 0) is 32.4 Å². The van der Waals surface area contributed by atoms with Crippen LogP contribution >= 0.6 is 0 Å². The SMILES string of the molecule is CCn1c(C)cc(C(=O)COC(=O)[C@H](O)c2ccccc2)c1C. The molecule has 0 amide bonds. The smallest absolute Gasteiger partial charge is 0.340 e. The Bertz CT molecular complexity index is 703. The van der Waals surface area contributed by atoms with Gasteiger partial charge in [-0.3, -0.25) is 4.79 Å². The van der Waals surface area contributed by atoms with Crippen molar-refractivity contribution in [3.63, 3.8) is 0 Å². The molecule has 2 aromatic rings. The number of carbonyl (C=O) groups excluding carboxylic acids is 2. The van der Waals surface area contributed by atoms with Crippen LogP contribution in [-0.4, -0.2) is 28.0 Å². The average molecular weight is 315 g/mol. The fraction of sp³-hybridized carbons (Fsp3) is 0.333. The topological polar surface area (TPSA) is 68.5 Å². The molecule has 0 aliphatic carbocycles. The molecule has 0 aliphatic rings. The molecule has 5 nitrogen and oxygen atoms in total. The van der Waals surface area contributed by atoms with Gasteiger partial charge in [0, 0.05) is 23.5 Å². The Labute approximate surface area is 135 Å². The van der Waals surface area contributed by atoms with Crippen LogP contribution in [0.1, 0.15) is 40.3 Å². The summed E-state index contributed by atoms with van der Waals surface area (Å²) in [6.45, 7) is 6.20. The van der Waals surface area contributed by atoms with Gasteiger partial charge in [0.2, 0.25) is 5.78 Å². The van der Waals surface area contributed by atoms with Crippen LogP contribution in [0.2, 0.25) is 0 Å². The number of carbonyl (C=O) groups is 2. The molecule has 1 aromatic carbocycles. The van der Waals surface area contributed by atoms with Gasteiger partial charge in [0.25, 0.3) is 0 Å². The van der Waals surface area contributed by atoms with E-state index < -0.39 is 12.1 Å². The molecule has 1 N–H and O–H groups in total. The van der Waals surface area contributed by atoms with E-state index in [1.165, 1.54) is 0 Å². The predicted molar refractivity (Wildman–Crippen MR) is 86.3 cm³/mol. The molecule has 1 atom stereocenters. The lowest BCUT2D eigenvalue weighted by molar-refractivity contribution is -0.152. The molecule has 0 bridgehead atoms. The first-order chi connectivity index (χ1) is 11.0. The van der Waals surface area contributed by atoms with Gasteiger partial charge < -0.3 is 14.4 Å². The van der Waals surface area contributed by atoms with Crippen LogP contribution in [0.15, 0.2) is 36.4 Å². The number of aliphatic hydroxyl groups excluding tert-OH is 1. The predicted octanol–water partition coefficient (Wildman–Crippen LogP) is 2.58. The van der Waals surface area contributed by atoms with Crippen molar-refractivity contribution < 1.29 is 19.4 Å². The van der Waals surface area contributed by atoms with Gasteiger partial charge in [0.15, 0.2) is 12.7 Å². The van der Waals surface area contributed by atoms with E-state index in [9.17, 15) is 14.7 Å². The Morgan fingerprint density at radius 3 is 2.43 bits per heavy atom. The van der Waals surface area contributed by atoms with E-state index >= 15 is 0 Å². The van der Waals surface area contributed by atoms with Crippen molar-refractivity contribution in [3.05, 3.63) is 58.9 Å². The Hall–Kier alpha value is -2.40. The van der Waals surface area contributed by atoms with E-state index in [0.29, 0.717) is 11.1 Å². The fourth-order valence-electron chi connectivity index (χ4n) is 2.63. The van der Waals surface area contributed by atoms with E-state index in [-0.39, 0.29) is 12.4 Å². The molecule has 1 aromatic heterocycles. The quantitative estimate of drug-likeness (QED) is 0.657. The van der Waals surface area contributed by atoms with E-state index in [1.807, 2.05) is 25.3 Å². The Morgan fingerprint density at radius 2 is 1.87 bits per heavy atom. The van der Waals surface area contributed by atoms with Crippen LogP contribution in [0.25, 0.3) is 0 Å². The third-order valence-corrected chi connectivity index (χ3v) is 3.87. The molecule has 122 valence electrons. The molecule has 0 saturated carbocycles. The molecular formula is C18H21NO4. The molecule has 0 unspecified atom stereocenters. The minimum atomic E-state index is -1.38. The lowest BCUT2D eigenvalue weighted by Gasteiger charge is -2.10. The van der Waals surface area contributed by atoms with Crippen molar-refractivity contribution in [1.82, 2.24) is 4.57 Å². The lowest BCUT2D eigenvalue weighted by atomic mass is 10.1. The van der Waals surface area contributed by atoms with Crippen molar-refractivity contribution in [2.24, 2.45) is 0 Å². The van der Waals surface area contributed by atoms with E-state index in [0.717, 1.165) is 17.9 Å². The summed E-state index contributed by atoms with van der Waals surface area (Å²) in [5.41, 5.74) is 2.83. The number of rotatable bonds is 6. The van der Waals surface area contributed by atoms with Crippen LogP contribution in [-0.2, 0) is 16.1 Å². The minimum absolute atomic E-state index is 0.272. The Balaban J connectivity index is 2.00. The maximum absolute atomic E-state index is 12.2. The maximum atomic E-state index is 12.2. The molecular weight excluding hydrogens is 294 g/mol. The van der Waals surface area contributed by atoms with Crippen LogP contribution in [0.5, 0.6) is 0 Å². The van der Waals surface area contributed by atoms with Crippen molar-refractivity contribution in [2.45, 2.75) is 33.4 Å². The normalized spacial score (nSPS) is 12.0. The summed E-state index contributed by atoms with van der Waals surface area (Å²) in [5.74, 6) is -1.10. The molecule has 2 rings (SSSR count). The zero-order chi connectivity index (χ0) is 17.0. The van der Waals surface area contributed by atoms with Crippen LogP contribution in [0, 0.1) is 13.8 Å². The third kappa shape index (κ3) is 3.68. The lowest BCUT2D eigenvalue weighted by Crippen LogP contribution is -2.20. The summed E-state index contributed by atoms with van der Waals surface area (Å²) < 4.78 is 6.99. The number of hydrogen-bond donors (Lipinski definition) is 1. The van der Waals surface area contributed by atoms with Gasteiger partial charge in [0.05, 0.1) is 0 Å². The van der Waals surface area contributed by atoms with Gasteiger partial charge in [-0.15, -0.1) is 0 Å². The van der Waals surface area contributed by atoms with E-state index in [1.54, 1.807) is 36.4 Å². The van der Waals surface area contributed by atoms with E-state index in [2.05, 4.69) is 0 Å². The summed E-state index contributed by atoms with van der Waals surface area (Å²) >= 11 is 0. The summed E-state index contributed by atoms with van der Waals surface area (Å²) in [5, 5.41) is 9.92. The number of esters is 1. The molecule has 0 saturated heterocycles. The number of aromatic nitrogens is 1. The zero-order valence-corrected chi connectivity index (χ0v) is 13.6. The summed E-state index contributed by atoms with van der Waals surface area (Å²) in [6.07, 6.45) is -1.38. The second kappa shape index (κ2) is 7.24. The molecule has 0 aliphatic heterocycles. The number of aliphatic hydroxyl groups is 1. The van der Waals surface area contributed by atoms with Gasteiger partial charge in [-0.25, -0.2) is 4.79 Å². The number of ether oxygens (including phenoxy) is 1. The number of Topliss-reactive ketones (excluding diaryl/α,β-unsaturated/α-hetero) is 1.